The van der Waals surface area contributed by atoms with Gasteiger partial charge in [0.15, 0.2) is 0 Å². The van der Waals surface area contributed by atoms with Gasteiger partial charge in [0.2, 0.25) is 0 Å². The van der Waals surface area contributed by atoms with Gasteiger partial charge in [0.1, 0.15) is 6.61 Å². The number of rotatable bonds is 3. The van der Waals surface area contributed by atoms with Crippen LogP contribution >= 0.6 is 0 Å². The van der Waals surface area contributed by atoms with Crippen molar-refractivity contribution in [2.75, 3.05) is 23.4 Å². The molecule has 2 aromatic carbocycles. The highest BCUT2D eigenvalue weighted by Crippen LogP contribution is 2.29. The number of benzene rings is 2. The molecule has 1 aliphatic heterocycles. The third-order valence-electron chi connectivity index (χ3n) is 3.65. The molecule has 1 heterocycles. The molecule has 1 N–H and O–H groups in total. The molecule has 0 bridgehead atoms. The van der Waals surface area contributed by atoms with Crippen LogP contribution in [-0.2, 0) is 10.9 Å². The molecule has 1 fully saturated rings. The minimum Gasteiger partial charge on any atom is -0.447 e. The van der Waals surface area contributed by atoms with Crippen LogP contribution < -0.4 is 10.2 Å². The molecular formula is C17H13F3N2O3. The molecule has 3 rings (SSSR count). The summed E-state index contributed by atoms with van der Waals surface area (Å²) in [6, 6.07) is 10.5. The van der Waals surface area contributed by atoms with Gasteiger partial charge in [-0.05, 0) is 42.5 Å². The number of carbonyl (C=O) groups excluding carboxylic acids is 2. The van der Waals surface area contributed by atoms with E-state index in [-0.39, 0.29) is 5.56 Å². The Hall–Kier alpha value is -3.03. The van der Waals surface area contributed by atoms with E-state index in [1.807, 2.05) is 0 Å². The lowest BCUT2D eigenvalue weighted by Crippen LogP contribution is -2.23. The van der Waals surface area contributed by atoms with E-state index in [1.165, 1.54) is 4.90 Å². The molecule has 0 unspecified atom stereocenters. The standard InChI is InChI=1S/C17H13F3N2O3/c18-17(19,20)12-6-4-11(5-7-12)15(23)21-13-2-1-3-14(10-13)22-8-9-25-16(22)24/h1-7,10H,8-9H2,(H,21,23). The predicted molar refractivity (Wildman–Crippen MR) is 84.5 cm³/mol. The van der Waals surface area contributed by atoms with Crippen molar-refractivity contribution in [1.29, 1.82) is 0 Å². The van der Waals surface area contributed by atoms with Crippen molar-refractivity contribution in [1.82, 2.24) is 0 Å². The van der Waals surface area contributed by atoms with Gasteiger partial charge in [0, 0.05) is 16.9 Å². The second-order valence-corrected chi connectivity index (χ2v) is 5.35. The highest BCUT2D eigenvalue weighted by atomic mass is 19.4. The van der Waals surface area contributed by atoms with E-state index >= 15 is 0 Å². The van der Waals surface area contributed by atoms with Crippen LogP contribution in [0.15, 0.2) is 48.5 Å². The molecule has 1 saturated heterocycles. The van der Waals surface area contributed by atoms with Gasteiger partial charge < -0.3 is 10.1 Å². The SMILES string of the molecule is O=C(Nc1cccc(N2CCOC2=O)c1)c1ccc(C(F)(F)F)cc1. The maximum absolute atomic E-state index is 12.5. The minimum atomic E-state index is -4.45. The number of halogens is 3. The van der Waals surface area contributed by atoms with Gasteiger partial charge in [-0.1, -0.05) is 6.07 Å². The average molecular weight is 350 g/mol. The van der Waals surface area contributed by atoms with Crippen molar-refractivity contribution < 1.29 is 27.5 Å². The minimum absolute atomic E-state index is 0.0963. The monoisotopic (exact) mass is 350 g/mol. The lowest BCUT2D eigenvalue weighted by atomic mass is 10.1. The van der Waals surface area contributed by atoms with Crippen LogP contribution in [0.5, 0.6) is 0 Å². The molecule has 2 aromatic rings. The summed E-state index contributed by atoms with van der Waals surface area (Å²) in [5.41, 5.74) is 0.257. The number of anilines is 2. The number of hydrogen-bond donors (Lipinski definition) is 1. The summed E-state index contributed by atoms with van der Waals surface area (Å²) in [6.45, 7) is 0.704. The molecule has 130 valence electrons. The van der Waals surface area contributed by atoms with Crippen molar-refractivity contribution in [3.63, 3.8) is 0 Å². The fourth-order valence-electron chi connectivity index (χ4n) is 2.39. The maximum Gasteiger partial charge on any atom is 0.416 e. The normalized spacial score (nSPS) is 14.4. The maximum atomic E-state index is 12.5. The van der Waals surface area contributed by atoms with Crippen LogP contribution in [0.25, 0.3) is 0 Å². The molecule has 0 aromatic heterocycles. The Morgan fingerprint density at radius 2 is 1.84 bits per heavy atom. The Morgan fingerprint density at radius 1 is 1.12 bits per heavy atom. The first-order valence-electron chi connectivity index (χ1n) is 7.37. The molecule has 0 radical (unpaired) electrons. The van der Waals surface area contributed by atoms with E-state index < -0.39 is 23.7 Å². The van der Waals surface area contributed by atoms with Crippen molar-refractivity contribution in [2.45, 2.75) is 6.18 Å². The first-order valence-corrected chi connectivity index (χ1v) is 7.37. The lowest BCUT2D eigenvalue weighted by Gasteiger charge is -2.14. The summed E-state index contributed by atoms with van der Waals surface area (Å²) in [7, 11) is 0. The number of nitrogens with zero attached hydrogens (tertiary/aromatic N) is 1. The summed E-state index contributed by atoms with van der Waals surface area (Å²) >= 11 is 0. The zero-order chi connectivity index (χ0) is 18.0. The van der Waals surface area contributed by atoms with Gasteiger partial charge in [-0.15, -0.1) is 0 Å². The topological polar surface area (TPSA) is 58.6 Å². The molecule has 0 aliphatic carbocycles. The predicted octanol–water partition coefficient (Wildman–Crippen LogP) is 3.91. The van der Waals surface area contributed by atoms with E-state index in [0.717, 1.165) is 24.3 Å². The number of hydrogen-bond acceptors (Lipinski definition) is 3. The molecule has 5 nitrogen and oxygen atoms in total. The highest BCUT2D eigenvalue weighted by molar-refractivity contribution is 6.04. The second-order valence-electron chi connectivity index (χ2n) is 5.35. The van der Waals surface area contributed by atoms with Gasteiger partial charge in [-0.2, -0.15) is 13.2 Å². The summed E-state index contributed by atoms with van der Waals surface area (Å²) < 4.78 is 42.5. The van der Waals surface area contributed by atoms with Crippen molar-refractivity contribution in [3.8, 4) is 0 Å². The zero-order valence-corrected chi connectivity index (χ0v) is 12.8. The number of ether oxygens (including phenoxy) is 1. The first-order chi connectivity index (χ1) is 11.8. The third kappa shape index (κ3) is 3.73. The van der Waals surface area contributed by atoms with Gasteiger partial charge in [0.05, 0.1) is 12.1 Å². The molecule has 1 aliphatic rings. The van der Waals surface area contributed by atoms with Crippen molar-refractivity contribution in [3.05, 3.63) is 59.7 Å². The van der Waals surface area contributed by atoms with Crippen molar-refractivity contribution in [2.24, 2.45) is 0 Å². The Labute approximate surface area is 141 Å². The smallest absolute Gasteiger partial charge is 0.416 e. The van der Waals surface area contributed by atoms with E-state index in [1.54, 1.807) is 24.3 Å². The Balaban J connectivity index is 1.74. The van der Waals surface area contributed by atoms with E-state index in [4.69, 9.17) is 4.74 Å². The van der Waals surface area contributed by atoms with E-state index in [2.05, 4.69) is 5.32 Å². The molecule has 0 spiro atoms. The number of cyclic esters (lactones) is 1. The fourth-order valence-corrected chi connectivity index (χ4v) is 2.39. The van der Waals surface area contributed by atoms with Crippen LogP contribution in [0.1, 0.15) is 15.9 Å². The Bertz CT molecular complexity index is 804. The summed E-state index contributed by atoms with van der Waals surface area (Å²) in [6.07, 6.45) is -4.92. The van der Waals surface area contributed by atoms with Crippen molar-refractivity contribution >= 4 is 23.4 Å². The molecular weight excluding hydrogens is 337 g/mol. The number of carbonyl (C=O) groups is 2. The average Bonchev–Trinajstić information content (AvgIpc) is 3.00. The number of amides is 2. The van der Waals surface area contributed by atoms with Crippen LogP contribution in [0.2, 0.25) is 0 Å². The van der Waals surface area contributed by atoms with Gasteiger partial charge >= 0.3 is 12.3 Å². The van der Waals surface area contributed by atoms with Gasteiger partial charge in [-0.3, -0.25) is 9.69 Å². The second kappa shape index (κ2) is 6.46. The summed E-state index contributed by atoms with van der Waals surface area (Å²) in [5.74, 6) is -0.546. The van der Waals surface area contributed by atoms with Crippen LogP contribution in [0, 0.1) is 0 Å². The van der Waals surface area contributed by atoms with Crippen LogP contribution in [0.4, 0.5) is 29.3 Å². The van der Waals surface area contributed by atoms with Crippen LogP contribution in [-0.4, -0.2) is 25.2 Å². The summed E-state index contributed by atoms with van der Waals surface area (Å²) in [4.78, 5) is 25.2. The molecule has 0 saturated carbocycles. The van der Waals surface area contributed by atoms with Gasteiger partial charge in [-0.25, -0.2) is 4.79 Å². The summed E-state index contributed by atoms with van der Waals surface area (Å²) in [5, 5.41) is 2.60. The Morgan fingerprint density at radius 3 is 2.44 bits per heavy atom. The van der Waals surface area contributed by atoms with E-state index in [9.17, 15) is 22.8 Å². The van der Waals surface area contributed by atoms with Crippen LogP contribution in [0.3, 0.4) is 0 Å². The highest BCUT2D eigenvalue weighted by Gasteiger charge is 2.30. The first kappa shape index (κ1) is 16.8. The van der Waals surface area contributed by atoms with E-state index in [0.29, 0.717) is 24.5 Å². The quantitative estimate of drug-likeness (QED) is 0.913. The molecule has 25 heavy (non-hydrogen) atoms. The fraction of sp³-hybridized carbons (Fsp3) is 0.176. The van der Waals surface area contributed by atoms with Gasteiger partial charge in [0.25, 0.3) is 5.91 Å². The molecule has 2 amide bonds. The molecule has 0 atom stereocenters. The number of alkyl halides is 3. The zero-order valence-electron chi connectivity index (χ0n) is 12.8. The molecule has 8 heteroatoms. The number of nitrogens with one attached hydrogen (secondary N) is 1. The third-order valence-corrected chi connectivity index (χ3v) is 3.65. The lowest BCUT2D eigenvalue weighted by molar-refractivity contribution is -0.137. The largest absolute Gasteiger partial charge is 0.447 e. The Kier molecular flexibility index (Phi) is 4.35.